The van der Waals surface area contributed by atoms with Gasteiger partial charge in [-0.05, 0) is 86.1 Å². The standard InChI is InChI=1S/C32H33ClN8O2.C4F6O2/c1-20-2-6-24(7-3-20)38-32(43)41-12-10-21(11-13-41)15-29(42)39-28-9-8-25-16-23(28)5-4-22-14-26(18-34-17-22)37-31-35-19-27(33)30(36-25)40-31;5-3(6,7)1(11)2(12)4(8,9)10/h2-3,6-9,14,16-19,21H,4-5,10-13,15H2,1H3,(H,38,43)(H,39,42)(H2,35,36,37,40);. The molecule has 2 aliphatic rings. The summed E-state index contributed by atoms with van der Waals surface area (Å²) in [5, 5.41) is 13.0. The highest BCUT2D eigenvalue weighted by molar-refractivity contribution is 6.41. The van der Waals surface area contributed by atoms with Crippen LogP contribution in [0.25, 0.3) is 0 Å². The van der Waals surface area contributed by atoms with E-state index in [4.69, 9.17) is 11.6 Å². The van der Waals surface area contributed by atoms with E-state index in [9.17, 15) is 45.5 Å². The van der Waals surface area contributed by atoms with Gasteiger partial charge in [-0.15, -0.1) is 0 Å². The van der Waals surface area contributed by atoms with Gasteiger partial charge < -0.3 is 26.2 Å². The number of nitrogens with one attached hydrogen (secondary N) is 4. The third-order valence-electron chi connectivity index (χ3n) is 8.52. The Hall–Kier alpha value is -5.78. The minimum atomic E-state index is -5.77. The van der Waals surface area contributed by atoms with Crippen LogP contribution in [0.15, 0.2) is 67.1 Å². The minimum Gasteiger partial charge on any atom is -0.339 e. The third kappa shape index (κ3) is 11.4. The van der Waals surface area contributed by atoms with Gasteiger partial charge in [-0.25, -0.2) is 9.78 Å². The van der Waals surface area contributed by atoms with Crippen molar-refractivity contribution in [2.45, 2.75) is 51.4 Å². The number of piperidine rings is 1. The van der Waals surface area contributed by atoms with Crippen molar-refractivity contribution in [2.75, 3.05) is 34.4 Å². The molecule has 2 aliphatic heterocycles. The summed E-state index contributed by atoms with van der Waals surface area (Å²) in [4.78, 5) is 60.1. The van der Waals surface area contributed by atoms with E-state index in [2.05, 4.69) is 36.2 Å². The molecule has 0 radical (unpaired) electrons. The van der Waals surface area contributed by atoms with E-state index in [0.717, 1.165) is 58.7 Å². The van der Waals surface area contributed by atoms with Crippen molar-refractivity contribution in [3.8, 4) is 0 Å². The highest BCUT2D eigenvalue weighted by Crippen LogP contribution is 2.30. The number of fused-ring (bicyclic) bond motifs is 6. The first-order valence-corrected chi connectivity index (χ1v) is 17.1. The van der Waals surface area contributed by atoms with Crippen LogP contribution in [-0.2, 0) is 27.2 Å². The number of carbonyl (C=O) groups excluding carboxylic acids is 4. The van der Waals surface area contributed by atoms with Crippen LogP contribution in [0.5, 0.6) is 0 Å². The van der Waals surface area contributed by atoms with E-state index >= 15 is 0 Å². The van der Waals surface area contributed by atoms with Gasteiger partial charge in [0.1, 0.15) is 5.02 Å². The molecule has 0 atom stereocenters. The summed E-state index contributed by atoms with van der Waals surface area (Å²) in [6.45, 7) is 3.26. The number of anilines is 6. The molecule has 1 saturated heterocycles. The summed E-state index contributed by atoms with van der Waals surface area (Å²) < 4.78 is 67.0. The molecule has 3 amide bonds. The maximum absolute atomic E-state index is 13.2. The molecule has 55 heavy (non-hydrogen) atoms. The lowest BCUT2D eigenvalue weighted by Crippen LogP contribution is -2.41. The first kappa shape index (κ1) is 40.4. The maximum atomic E-state index is 13.2. The number of alkyl halides is 6. The number of carbonyl (C=O) groups is 4. The number of nitrogens with zero attached hydrogens (tertiary/aromatic N) is 4. The van der Waals surface area contributed by atoms with Gasteiger partial charge in [0, 0.05) is 42.8 Å². The minimum absolute atomic E-state index is 0.0289. The number of amides is 3. The highest BCUT2D eigenvalue weighted by atomic mass is 35.5. The van der Waals surface area contributed by atoms with Crippen molar-refractivity contribution >= 4 is 69.6 Å². The van der Waals surface area contributed by atoms with Gasteiger partial charge in [0.05, 0.1) is 18.1 Å². The number of aryl methyl sites for hydroxylation is 3. The van der Waals surface area contributed by atoms with Crippen LogP contribution in [0.2, 0.25) is 5.02 Å². The molecule has 0 unspecified atom stereocenters. The molecule has 2 aromatic heterocycles. The molecule has 0 aliphatic carbocycles. The molecule has 2 aromatic carbocycles. The van der Waals surface area contributed by atoms with Gasteiger partial charge in [-0.1, -0.05) is 29.3 Å². The normalized spacial score (nSPS) is 14.3. The molecule has 4 N–H and O–H groups in total. The van der Waals surface area contributed by atoms with Gasteiger partial charge >= 0.3 is 30.0 Å². The molecule has 4 aromatic rings. The molecule has 0 saturated carbocycles. The SMILES string of the molecule is Cc1ccc(NC(=O)N2CCC(CC(=O)Nc3ccc4cc3CCc3cncc(c3)Nc3ncc(Cl)c(n3)N4)CC2)cc1.O=C(C(=O)C(F)(F)F)C(F)(F)F. The third-order valence-corrected chi connectivity index (χ3v) is 8.80. The number of aromatic nitrogens is 3. The number of likely N-dealkylation sites (tertiary alicyclic amines) is 1. The van der Waals surface area contributed by atoms with Gasteiger partial charge in [-0.2, -0.15) is 31.3 Å². The fourth-order valence-electron chi connectivity index (χ4n) is 5.65. The van der Waals surface area contributed by atoms with E-state index in [1.807, 2.05) is 66.6 Å². The van der Waals surface area contributed by atoms with Crippen molar-refractivity contribution in [3.63, 3.8) is 0 Å². The summed E-state index contributed by atoms with van der Waals surface area (Å²) in [7, 11) is 0. The Labute approximate surface area is 315 Å². The number of urea groups is 1. The zero-order valence-electron chi connectivity index (χ0n) is 28.9. The van der Waals surface area contributed by atoms with E-state index in [1.54, 1.807) is 12.4 Å². The van der Waals surface area contributed by atoms with Crippen molar-refractivity contribution in [2.24, 2.45) is 5.92 Å². The van der Waals surface area contributed by atoms with Crippen LogP contribution >= 0.6 is 11.6 Å². The maximum Gasteiger partial charge on any atom is 0.458 e. The van der Waals surface area contributed by atoms with Crippen molar-refractivity contribution < 1.29 is 45.5 Å². The highest BCUT2D eigenvalue weighted by Gasteiger charge is 2.54. The average molecular weight is 791 g/mol. The summed E-state index contributed by atoms with van der Waals surface area (Å²) in [6.07, 6.45) is -3.03. The summed E-state index contributed by atoms with van der Waals surface area (Å²) in [5.41, 5.74) is 6.33. The second-order valence-corrected chi connectivity index (χ2v) is 13.1. The topological polar surface area (TPSA) is 158 Å². The van der Waals surface area contributed by atoms with Crippen molar-refractivity contribution in [1.82, 2.24) is 19.9 Å². The van der Waals surface area contributed by atoms with Gasteiger partial charge in [-0.3, -0.25) is 19.4 Å². The molecular weight excluding hydrogens is 758 g/mol. The van der Waals surface area contributed by atoms with Gasteiger partial charge in [0.15, 0.2) is 5.82 Å². The van der Waals surface area contributed by atoms with Crippen molar-refractivity contribution in [1.29, 1.82) is 0 Å². The lowest BCUT2D eigenvalue weighted by atomic mass is 9.93. The number of Topliss-reactive ketones (excluding diaryl/α,β-unsaturated/α-hetero) is 2. The van der Waals surface area contributed by atoms with Crippen LogP contribution in [-0.4, -0.2) is 68.8 Å². The lowest BCUT2D eigenvalue weighted by molar-refractivity contribution is -0.193. The molecule has 0 spiro atoms. The van der Waals surface area contributed by atoms with Gasteiger partial charge in [0.25, 0.3) is 0 Å². The molecule has 6 rings (SSSR count). The first-order chi connectivity index (χ1) is 25.9. The van der Waals surface area contributed by atoms with Gasteiger partial charge in [0.2, 0.25) is 11.9 Å². The molecule has 4 heterocycles. The Kier molecular flexibility index (Phi) is 12.6. The summed E-state index contributed by atoms with van der Waals surface area (Å²) in [6, 6.07) is 15.5. The number of rotatable bonds is 5. The predicted molar refractivity (Wildman–Crippen MR) is 192 cm³/mol. The quantitative estimate of drug-likeness (QED) is 0.116. The molecule has 290 valence electrons. The molecular formula is C36H33ClF6N8O4. The second-order valence-electron chi connectivity index (χ2n) is 12.7. The Morgan fingerprint density at radius 1 is 0.836 bits per heavy atom. The number of hydrogen-bond donors (Lipinski definition) is 4. The van der Waals surface area contributed by atoms with Crippen LogP contribution < -0.4 is 21.3 Å². The van der Waals surface area contributed by atoms with E-state index < -0.39 is 23.9 Å². The number of benzene rings is 2. The Balaban J connectivity index is 0.000000418. The fourth-order valence-corrected chi connectivity index (χ4v) is 5.79. The first-order valence-electron chi connectivity index (χ1n) is 16.7. The second kappa shape index (κ2) is 17.1. The van der Waals surface area contributed by atoms with E-state index in [-0.39, 0.29) is 17.9 Å². The molecule has 1 fully saturated rings. The van der Waals surface area contributed by atoms with Crippen LogP contribution in [0, 0.1) is 12.8 Å². The summed E-state index contributed by atoms with van der Waals surface area (Å²) in [5.74, 6) is -5.75. The number of ketones is 2. The Bertz CT molecular complexity index is 2030. The molecule has 6 bridgehead atoms. The smallest absolute Gasteiger partial charge is 0.339 e. The number of hydrogen-bond acceptors (Lipinski definition) is 9. The Morgan fingerprint density at radius 3 is 2.16 bits per heavy atom. The Morgan fingerprint density at radius 2 is 1.51 bits per heavy atom. The van der Waals surface area contributed by atoms with E-state index in [1.165, 1.54) is 0 Å². The number of pyridine rings is 1. The van der Waals surface area contributed by atoms with Crippen LogP contribution in [0.4, 0.5) is 65.7 Å². The zero-order valence-corrected chi connectivity index (χ0v) is 29.7. The molecule has 19 heteroatoms. The zero-order chi connectivity index (χ0) is 39.9. The largest absolute Gasteiger partial charge is 0.458 e. The van der Waals surface area contributed by atoms with Crippen LogP contribution in [0.1, 0.15) is 36.0 Å². The fraction of sp³-hybridized carbons (Fsp3) is 0.306. The number of halogens is 7. The predicted octanol–water partition coefficient (Wildman–Crippen LogP) is 7.94. The van der Waals surface area contributed by atoms with Crippen molar-refractivity contribution in [3.05, 3.63) is 88.8 Å². The monoisotopic (exact) mass is 790 g/mol. The average Bonchev–Trinajstić information content (AvgIpc) is 3.13. The summed E-state index contributed by atoms with van der Waals surface area (Å²) >= 11 is 6.38. The van der Waals surface area contributed by atoms with E-state index in [0.29, 0.717) is 42.7 Å². The molecule has 12 nitrogen and oxygen atoms in total. The van der Waals surface area contributed by atoms with Crippen LogP contribution in [0.3, 0.4) is 0 Å². The lowest BCUT2D eigenvalue weighted by Gasteiger charge is -2.31.